The largest absolute Gasteiger partial charge is 0.481 e. The van der Waals surface area contributed by atoms with Gasteiger partial charge in [0.2, 0.25) is 11.8 Å². The molecule has 2 amide bonds. The highest BCUT2D eigenvalue weighted by Crippen LogP contribution is 1.93. The number of carboxylic acids is 2. The molecule has 20 heavy (non-hydrogen) atoms. The second-order valence-corrected chi connectivity index (χ2v) is 4.04. The highest BCUT2D eigenvalue weighted by atomic mass is 16.4. The molecule has 10 nitrogen and oxygen atoms in total. The minimum atomic E-state index is -1.60. The van der Waals surface area contributed by atoms with Gasteiger partial charge in [-0.2, -0.15) is 0 Å². The van der Waals surface area contributed by atoms with Crippen LogP contribution in [0.15, 0.2) is 0 Å². The molecule has 0 bridgehead atoms. The normalized spacial score (nSPS) is 14.8. The van der Waals surface area contributed by atoms with Crippen LogP contribution in [0, 0.1) is 0 Å². The predicted molar refractivity (Wildman–Crippen MR) is 64.5 cm³/mol. The van der Waals surface area contributed by atoms with Crippen molar-refractivity contribution < 1.29 is 34.5 Å². The van der Waals surface area contributed by atoms with Crippen LogP contribution in [0.2, 0.25) is 0 Å². The first kappa shape index (κ1) is 17.8. The van der Waals surface area contributed by atoms with Gasteiger partial charge in [0.15, 0.2) is 0 Å². The molecule has 0 fully saturated rings. The third kappa shape index (κ3) is 6.66. The maximum Gasteiger partial charge on any atom is 0.326 e. The summed E-state index contributed by atoms with van der Waals surface area (Å²) >= 11 is 0. The van der Waals surface area contributed by atoms with Crippen molar-refractivity contribution in [2.24, 2.45) is 5.73 Å². The van der Waals surface area contributed by atoms with Crippen LogP contribution in [-0.2, 0) is 19.2 Å². The van der Waals surface area contributed by atoms with Crippen molar-refractivity contribution in [2.75, 3.05) is 6.54 Å². The topological polar surface area (TPSA) is 179 Å². The summed E-state index contributed by atoms with van der Waals surface area (Å²) in [6, 6.07) is -2.82. The van der Waals surface area contributed by atoms with Crippen LogP contribution in [0.5, 0.6) is 0 Å². The van der Waals surface area contributed by atoms with Crippen molar-refractivity contribution in [3.8, 4) is 0 Å². The molecular formula is C10H17N3O7. The molecule has 3 atom stereocenters. The molecule has 0 saturated carbocycles. The lowest BCUT2D eigenvalue weighted by atomic mass is 10.2. The fraction of sp³-hybridized carbons (Fsp3) is 0.600. The number of rotatable bonds is 8. The van der Waals surface area contributed by atoms with Gasteiger partial charge in [0.25, 0.3) is 0 Å². The molecule has 10 heteroatoms. The Balaban J connectivity index is 4.30. The van der Waals surface area contributed by atoms with Crippen LogP contribution < -0.4 is 16.4 Å². The zero-order valence-corrected chi connectivity index (χ0v) is 10.7. The monoisotopic (exact) mass is 291 g/mol. The molecule has 7 N–H and O–H groups in total. The number of hydrogen-bond acceptors (Lipinski definition) is 6. The first-order chi connectivity index (χ1) is 9.15. The highest BCUT2D eigenvalue weighted by Gasteiger charge is 2.24. The summed E-state index contributed by atoms with van der Waals surface area (Å²) in [6.45, 7) is 0.709. The summed E-state index contributed by atoms with van der Waals surface area (Å²) in [6.07, 6.45) is -1.90. The third-order valence-electron chi connectivity index (χ3n) is 2.26. The van der Waals surface area contributed by atoms with Gasteiger partial charge in [-0.05, 0) is 6.92 Å². The molecule has 114 valence electrons. The van der Waals surface area contributed by atoms with Crippen LogP contribution in [0.4, 0.5) is 0 Å². The highest BCUT2D eigenvalue weighted by molar-refractivity contribution is 5.90. The van der Waals surface area contributed by atoms with Gasteiger partial charge >= 0.3 is 11.9 Å². The SMILES string of the molecule is C[C@@H](O)[C@H](N)C(=O)NCC(=O)N[C@@H](CC(=O)O)C(=O)O. The Morgan fingerprint density at radius 2 is 1.75 bits per heavy atom. The van der Waals surface area contributed by atoms with E-state index in [0.29, 0.717) is 0 Å². The lowest BCUT2D eigenvalue weighted by Gasteiger charge is -2.16. The van der Waals surface area contributed by atoms with E-state index in [1.165, 1.54) is 6.92 Å². The van der Waals surface area contributed by atoms with E-state index in [1.54, 1.807) is 0 Å². The van der Waals surface area contributed by atoms with E-state index < -0.39 is 54.9 Å². The predicted octanol–water partition coefficient (Wildman–Crippen LogP) is -3.15. The fourth-order valence-electron chi connectivity index (χ4n) is 1.12. The fourth-order valence-corrected chi connectivity index (χ4v) is 1.12. The molecule has 0 spiro atoms. The lowest BCUT2D eigenvalue weighted by molar-refractivity contribution is -0.147. The molecule has 0 aliphatic carbocycles. The van der Waals surface area contributed by atoms with Crippen molar-refractivity contribution in [1.29, 1.82) is 0 Å². The first-order valence-electron chi connectivity index (χ1n) is 5.60. The second kappa shape index (κ2) is 8.07. The van der Waals surface area contributed by atoms with E-state index in [-0.39, 0.29) is 0 Å². The maximum atomic E-state index is 11.4. The van der Waals surface area contributed by atoms with Gasteiger partial charge < -0.3 is 31.7 Å². The molecular weight excluding hydrogens is 274 g/mol. The van der Waals surface area contributed by atoms with Crippen molar-refractivity contribution in [2.45, 2.75) is 31.5 Å². The molecule has 0 saturated heterocycles. The molecule has 0 aromatic carbocycles. The lowest BCUT2D eigenvalue weighted by Crippen LogP contribution is -2.51. The summed E-state index contributed by atoms with van der Waals surface area (Å²) in [5.41, 5.74) is 5.30. The van der Waals surface area contributed by atoms with E-state index in [2.05, 4.69) is 5.32 Å². The van der Waals surface area contributed by atoms with Crippen molar-refractivity contribution in [3.63, 3.8) is 0 Å². The van der Waals surface area contributed by atoms with E-state index >= 15 is 0 Å². The number of aliphatic carboxylic acids is 2. The van der Waals surface area contributed by atoms with Crippen LogP contribution in [0.1, 0.15) is 13.3 Å². The Bertz CT molecular complexity index is 396. The number of carbonyl (C=O) groups excluding carboxylic acids is 2. The molecule has 0 aliphatic rings. The second-order valence-electron chi connectivity index (χ2n) is 4.04. The molecule has 0 aromatic rings. The maximum absolute atomic E-state index is 11.4. The molecule has 0 aromatic heterocycles. The van der Waals surface area contributed by atoms with Gasteiger partial charge in [-0.3, -0.25) is 14.4 Å². The number of carboxylic acid groups (broad SMARTS) is 2. The number of hydrogen-bond donors (Lipinski definition) is 6. The molecule has 0 aliphatic heterocycles. The average molecular weight is 291 g/mol. The Kier molecular flexibility index (Phi) is 7.18. The minimum Gasteiger partial charge on any atom is -0.481 e. The van der Waals surface area contributed by atoms with E-state index in [0.717, 1.165) is 0 Å². The van der Waals surface area contributed by atoms with Gasteiger partial charge in [-0.15, -0.1) is 0 Å². The summed E-state index contributed by atoms with van der Waals surface area (Å²) < 4.78 is 0. The zero-order valence-electron chi connectivity index (χ0n) is 10.7. The zero-order chi connectivity index (χ0) is 15.9. The van der Waals surface area contributed by atoms with E-state index in [4.69, 9.17) is 21.1 Å². The van der Waals surface area contributed by atoms with Crippen LogP contribution in [0.25, 0.3) is 0 Å². The van der Waals surface area contributed by atoms with Crippen molar-refractivity contribution >= 4 is 23.8 Å². The van der Waals surface area contributed by atoms with Gasteiger partial charge in [0, 0.05) is 0 Å². The van der Waals surface area contributed by atoms with Crippen LogP contribution >= 0.6 is 0 Å². The minimum absolute atomic E-state index is 0.581. The number of aliphatic hydroxyl groups is 1. The van der Waals surface area contributed by atoms with Crippen LogP contribution in [-0.4, -0.2) is 63.8 Å². The van der Waals surface area contributed by atoms with E-state index in [9.17, 15) is 19.2 Å². The Morgan fingerprint density at radius 3 is 2.15 bits per heavy atom. The number of nitrogens with one attached hydrogen (secondary N) is 2. The van der Waals surface area contributed by atoms with Crippen molar-refractivity contribution in [3.05, 3.63) is 0 Å². The Labute approximate surface area is 113 Å². The Morgan fingerprint density at radius 1 is 1.20 bits per heavy atom. The Hall–Kier alpha value is -2.20. The van der Waals surface area contributed by atoms with Crippen LogP contribution in [0.3, 0.4) is 0 Å². The van der Waals surface area contributed by atoms with Crippen molar-refractivity contribution in [1.82, 2.24) is 10.6 Å². The number of nitrogens with two attached hydrogens (primary N) is 1. The summed E-state index contributed by atoms with van der Waals surface area (Å²) in [4.78, 5) is 43.7. The third-order valence-corrected chi connectivity index (χ3v) is 2.26. The first-order valence-corrected chi connectivity index (χ1v) is 5.60. The number of carbonyl (C=O) groups is 4. The molecule has 0 heterocycles. The summed E-state index contributed by atoms with van der Waals surface area (Å²) in [7, 11) is 0. The molecule has 0 radical (unpaired) electrons. The molecule has 0 unspecified atom stereocenters. The van der Waals surface area contributed by atoms with Gasteiger partial charge in [0.05, 0.1) is 19.1 Å². The van der Waals surface area contributed by atoms with E-state index in [1.807, 2.05) is 5.32 Å². The van der Waals surface area contributed by atoms with Gasteiger partial charge in [0.1, 0.15) is 12.1 Å². The van der Waals surface area contributed by atoms with Gasteiger partial charge in [-0.25, -0.2) is 4.79 Å². The number of aliphatic hydroxyl groups excluding tert-OH is 1. The smallest absolute Gasteiger partial charge is 0.326 e. The summed E-state index contributed by atoms with van der Waals surface area (Å²) in [5.74, 6) is -4.57. The number of amides is 2. The molecule has 0 rings (SSSR count). The summed E-state index contributed by atoms with van der Waals surface area (Å²) in [5, 5.41) is 30.2. The standard InChI is InChI=1S/C10H17N3O7/c1-4(14)8(11)9(18)12-3-6(15)13-5(10(19)20)2-7(16)17/h4-5,8,14H,2-3,11H2,1H3,(H,12,18)(H,13,15)(H,16,17)(H,19,20)/t4-,5+,8+/m1/s1. The van der Waals surface area contributed by atoms with Gasteiger partial charge in [-0.1, -0.05) is 0 Å². The quantitative estimate of drug-likeness (QED) is 0.271. The average Bonchev–Trinajstić information content (AvgIpc) is 2.33.